The first-order valence-electron chi connectivity index (χ1n) is 6.86. The smallest absolute Gasteiger partial charge is 0.258 e. The van der Waals surface area contributed by atoms with E-state index in [-0.39, 0.29) is 5.69 Å². The van der Waals surface area contributed by atoms with Crippen LogP contribution in [0.5, 0.6) is 0 Å². The first kappa shape index (κ1) is 13.3. The van der Waals surface area contributed by atoms with Crippen LogP contribution >= 0.6 is 0 Å². The Morgan fingerprint density at radius 2 is 1.87 bits per heavy atom. The first-order chi connectivity index (χ1) is 11.1. The fraction of sp³-hybridized carbons (Fsp3) is 0.0667. The maximum Gasteiger partial charge on any atom is 0.269 e. The van der Waals surface area contributed by atoms with Crippen molar-refractivity contribution in [2.45, 2.75) is 6.92 Å². The predicted molar refractivity (Wildman–Crippen MR) is 86.7 cm³/mol. The van der Waals surface area contributed by atoms with Gasteiger partial charge in [-0.1, -0.05) is 6.08 Å². The van der Waals surface area contributed by atoms with E-state index in [2.05, 4.69) is 20.0 Å². The molecular formula is C15H10N6O2. The molecule has 8 heteroatoms. The standard InChI is InChI=1S/C15H10N6O2/c1-9-16-12-3-2-4-13-18-14(19-15(17-9)20(12)13)10-5-7-11(8-6-10)21(22)23/h2-8H,1H3. The Morgan fingerprint density at radius 3 is 2.61 bits per heavy atom. The molecule has 0 bridgehead atoms. The van der Waals surface area contributed by atoms with Gasteiger partial charge in [-0.15, -0.1) is 0 Å². The molecule has 112 valence electrons. The lowest BCUT2D eigenvalue weighted by Crippen LogP contribution is -2.41. The van der Waals surface area contributed by atoms with Gasteiger partial charge < -0.3 is 0 Å². The molecule has 0 aromatic heterocycles. The van der Waals surface area contributed by atoms with Crippen molar-refractivity contribution in [2.24, 2.45) is 20.0 Å². The summed E-state index contributed by atoms with van der Waals surface area (Å²) in [4.78, 5) is 29.7. The predicted octanol–water partition coefficient (Wildman–Crippen LogP) is 2.25. The lowest BCUT2D eigenvalue weighted by Gasteiger charge is -2.30. The molecule has 3 aliphatic rings. The van der Waals surface area contributed by atoms with Crippen molar-refractivity contribution in [3.63, 3.8) is 0 Å². The van der Waals surface area contributed by atoms with E-state index in [9.17, 15) is 10.1 Å². The van der Waals surface area contributed by atoms with Crippen molar-refractivity contribution in [2.75, 3.05) is 0 Å². The molecular weight excluding hydrogens is 296 g/mol. The van der Waals surface area contributed by atoms with Crippen molar-refractivity contribution in [3.05, 3.63) is 64.0 Å². The third kappa shape index (κ3) is 2.16. The number of aliphatic imine (C=N–C) groups is 4. The summed E-state index contributed by atoms with van der Waals surface area (Å²) in [6, 6.07) is 6.12. The van der Waals surface area contributed by atoms with Crippen molar-refractivity contribution in [3.8, 4) is 0 Å². The highest BCUT2D eigenvalue weighted by Gasteiger charge is 2.29. The number of non-ortho nitro benzene ring substituents is 1. The van der Waals surface area contributed by atoms with Crippen molar-refractivity contribution in [1.29, 1.82) is 0 Å². The van der Waals surface area contributed by atoms with E-state index in [0.29, 0.717) is 29.0 Å². The lowest BCUT2D eigenvalue weighted by atomic mass is 10.2. The summed E-state index contributed by atoms with van der Waals surface area (Å²) < 4.78 is 0. The number of hydrogen-bond donors (Lipinski definition) is 0. The van der Waals surface area contributed by atoms with Gasteiger partial charge in [-0.2, -0.15) is 9.98 Å². The molecule has 0 unspecified atom stereocenters. The van der Waals surface area contributed by atoms with Crippen LogP contribution in [-0.2, 0) is 0 Å². The average Bonchev–Trinajstić information content (AvgIpc) is 2.54. The molecule has 3 aliphatic heterocycles. The Bertz CT molecular complexity index is 902. The van der Waals surface area contributed by atoms with E-state index in [0.717, 1.165) is 5.84 Å². The van der Waals surface area contributed by atoms with Gasteiger partial charge in [0.05, 0.1) is 4.92 Å². The van der Waals surface area contributed by atoms with Crippen LogP contribution in [0.4, 0.5) is 5.69 Å². The molecule has 3 heterocycles. The largest absolute Gasteiger partial charge is 0.269 e. The first-order valence-corrected chi connectivity index (χ1v) is 6.86. The fourth-order valence-electron chi connectivity index (χ4n) is 2.42. The monoisotopic (exact) mass is 306 g/mol. The molecule has 0 N–H and O–H groups in total. The number of rotatable bonds is 2. The molecule has 0 amide bonds. The number of nitro groups is 1. The van der Waals surface area contributed by atoms with Crippen LogP contribution < -0.4 is 0 Å². The van der Waals surface area contributed by atoms with Crippen LogP contribution in [0.2, 0.25) is 0 Å². The van der Waals surface area contributed by atoms with Gasteiger partial charge in [0.15, 0.2) is 5.84 Å². The molecule has 8 nitrogen and oxygen atoms in total. The molecule has 0 saturated carbocycles. The minimum Gasteiger partial charge on any atom is -0.258 e. The van der Waals surface area contributed by atoms with Crippen LogP contribution in [0.25, 0.3) is 0 Å². The quantitative estimate of drug-likeness (QED) is 0.619. The number of nitrogens with zero attached hydrogens (tertiary/aromatic N) is 6. The zero-order valence-corrected chi connectivity index (χ0v) is 12.0. The van der Waals surface area contributed by atoms with Crippen LogP contribution in [0.1, 0.15) is 12.5 Å². The third-order valence-electron chi connectivity index (χ3n) is 3.45. The summed E-state index contributed by atoms with van der Waals surface area (Å²) in [5.41, 5.74) is 0.718. The molecule has 1 aromatic carbocycles. The van der Waals surface area contributed by atoms with Crippen molar-refractivity contribution in [1.82, 2.24) is 4.90 Å². The minimum absolute atomic E-state index is 0.0280. The minimum atomic E-state index is -0.438. The second-order valence-corrected chi connectivity index (χ2v) is 5.00. The number of allylic oxidation sites excluding steroid dienone is 2. The fourth-order valence-corrected chi connectivity index (χ4v) is 2.42. The number of nitro benzene ring substituents is 1. The summed E-state index contributed by atoms with van der Waals surface area (Å²) >= 11 is 0. The van der Waals surface area contributed by atoms with Gasteiger partial charge in [0, 0.05) is 17.7 Å². The second kappa shape index (κ2) is 4.80. The highest BCUT2D eigenvalue weighted by molar-refractivity contribution is 6.22. The average molecular weight is 306 g/mol. The summed E-state index contributed by atoms with van der Waals surface area (Å²) in [6.45, 7) is 1.80. The Labute approximate surface area is 130 Å². The van der Waals surface area contributed by atoms with Crippen LogP contribution in [0.3, 0.4) is 0 Å². The lowest BCUT2D eigenvalue weighted by molar-refractivity contribution is -0.384. The zero-order chi connectivity index (χ0) is 16.0. The van der Waals surface area contributed by atoms with E-state index < -0.39 is 4.92 Å². The molecule has 0 fully saturated rings. The molecule has 0 spiro atoms. The van der Waals surface area contributed by atoms with Gasteiger partial charge >= 0.3 is 0 Å². The topological polar surface area (TPSA) is 95.8 Å². The molecule has 4 rings (SSSR count). The Hall–Kier alpha value is -3.42. The van der Waals surface area contributed by atoms with Gasteiger partial charge in [0.25, 0.3) is 5.69 Å². The Morgan fingerprint density at radius 1 is 1.09 bits per heavy atom. The van der Waals surface area contributed by atoms with Crippen LogP contribution in [0, 0.1) is 10.1 Å². The van der Waals surface area contributed by atoms with E-state index in [4.69, 9.17) is 0 Å². The number of benzene rings is 1. The van der Waals surface area contributed by atoms with E-state index in [1.807, 2.05) is 18.2 Å². The SMILES string of the molecule is CC1=NC2=NC(c3ccc([N+](=O)[O-])cc3)=NC3=CC=CC(=N1)N32. The molecule has 1 aromatic rings. The highest BCUT2D eigenvalue weighted by Crippen LogP contribution is 2.24. The summed E-state index contributed by atoms with van der Waals surface area (Å²) in [5, 5.41) is 10.7. The summed E-state index contributed by atoms with van der Waals surface area (Å²) in [7, 11) is 0. The molecule has 0 atom stereocenters. The van der Waals surface area contributed by atoms with E-state index >= 15 is 0 Å². The molecule has 0 radical (unpaired) electrons. The van der Waals surface area contributed by atoms with Crippen molar-refractivity contribution >= 4 is 29.2 Å². The summed E-state index contributed by atoms with van der Waals surface area (Å²) in [5.74, 6) is 2.96. The van der Waals surface area contributed by atoms with Gasteiger partial charge in [-0.25, -0.2) is 14.9 Å². The van der Waals surface area contributed by atoms with Gasteiger partial charge in [-0.3, -0.25) is 10.1 Å². The molecule has 0 saturated heterocycles. The Kier molecular flexibility index (Phi) is 2.77. The maximum atomic E-state index is 10.7. The van der Waals surface area contributed by atoms with Crippen LogP contribution in [-0.4, -0.2) is 33.3 Å². The van der Waals surface area contributed by atoms with E-state index in [1.54, 1.807) is 24.0 Å². The van der Waals surface area contributed by atoms with Gasteiger partial charge in [0.2, 0.25) is 5.96 Å². The van der Waals surface area contributed by atoms with E-state index in [1.165, 1.54) is 12.1 Å². The number of hydrogen-bond acceptors (Lipinski definition) is 7. The molecule has 0 aliphatic carbocycles. The van der Waals surface area contributed by atoms with Gasteiger partial charge in [-0.05, 0) is 31.2 Å². The number of guanidine groups is 1. The summed E-state index contributed by atoms with van der Waals surface area (Å²) in [6.07, 6.45) is 5.57. The molecule has 23 heavy (non-hydrogen) atoms. The Balaban J connectivity index is 1.79. The number of amidine groups is 3. The normalized spacial score (nSPS) is 18.3. The second-order valence-electron chi connectivity index (χ2n) is 5.00. The maximum absolute atomic E-state index is 10.7. The van der Waals surface area contributed by atoms with Crippen molar-refractivity contribution < 1.29 is 4.92 Å². The third-order valence-corrected chi connectivity index (χ3v) is 3.45. The van der Waals surface area contributed by atoms with Crippen LogP contribution in [0.15, 0.2) is 68.3 Å². The highest BCUT2D eigenvalue weighted by atomic mass is 16.6. The van der Waals surface area contributed by atoms with Gasteiger partial charge in [0.1, 0.15) is 17.5 Å². The zero-order valence-electron chi connectivity index (χ0n) is 12.0.